The number of hydrogen-bond acceptors (Lipinski definition) is 7. The first kappa shape index (κ1) is 22.5. The number of fused-ring (bicyclic) bond motifs is 1. The maximum atomic E-state index is 13.1. The predicted octanol–water partition coefficient (Wildman–Crippen LogP) is 2.93. The predicted molar refractivity (Wildman–Crippen MR) is 111 cm³/mol. The molecule has 1 aliphatic heterocycles. The highest BCUT2D eigenvalue weighted by atomic mass is 19.4. The number of ether oxygens (including phenoxy) is 1. The number of para-hydroxylation sites is 1. The SMILES string of the molecule is C[C@H](OC(=O)C1CCN(c2ccc3nnc(C(F)(F)F)n3n2)CC1)C(=O)Nc1ccccc1. The summed E-state index contributed by atoms with van der Waals surface area (Å²) >= 11 is 0. The van der Waals surface area contributed by atoms with Crippen molar-refractivity contribution in [3.8, 4) is 0 Å². The van der Waals surface area contributed by atoms with Gasteiger partial charge in [0, 0.05) is 18.8 Å². The largest absolute Gasteiger partial charge is 0.453 e. The molecule has 0 radical (unpaired) electrons. The molecule has 3 aromatic rings. The minimum absolute atomic E-state index is 0.00712. The molecule has 0 saturated carbocycles. The molecule has 174 valence electrons. The van der Waals surface area contributed by atoms with Gasteiger partial charge in [0.25, 0.3) is 11.7 Å². The third kappa shape index (κ3) is 5.04. The van der Waals surface area contributed by atoms with Crippen molar-refractivity contribution in [1.82, 2.24) is 19.8 Å². The van der Waals surface area contributed by atoms with E-state index in [1.165, 1.54) is 13.0 Å². The maximum Gasteiger partial charge on any atom is 0.453 e. The Morgan fingerprint density at radius 1 is 1.09 bits per heavy atom. The lowest BCUT2D eigenvalue weighted by molar-refractivity contribution is -0.158. The van der Waals surface area contributed by atoms with Gasteiger partial charge in [0.05, 0.1) is 5.92 Å². The second-order valence-corrected chi connectivity index (χ2v) is 7.68. The number of esters is 1. The molecule has 1 N–H and O–H groups in total. The molecule has 1 aromatic carbocycles. The molecule has 12 heteroatoms. The van der Waals surface area contributed by atoms with Crippen molar-refractivity contribution in [1.29, 1.82) is 0 Å². The van der Waals surface area contributed by atoms with Crippen molar-refractivity contribution >= 4 is 29.0 Å². The van der Waals surface area contributed by atoms with Crippen LogP contribution in [0.25, 0.3) is 5.65 Å². The molecule has 0 spiro atoms. The highest BCUT2D eigenvalue weighted by Gasteiger charge is 2.38. The number of amides is 1. The monoisotopic (exact) mass is 462 g/mol. The van der Waals surface area contributed by atoms with Crippen LogP contribution in [0.1, 0.15) is 25.6 Å². The van der Waals surface area contributed by atoms with E-state index < -0.39 is 35.9 Å². The van der Waals surface area contributed by atoms with Gasteiger partial charge >= 0.3 is 12.1 Å². The Balaban J connectivity index is 1.34. The molecule has 1 amide bonds. The summed E-state index contributed by atoms with van der Waals surface area (Å²) in [7, 11) is 0. The lowest BCUT2D eigenvalue weighted by Gasteiger charge is -2.32. The van der Waals surface area contributed by atoms with E-state index in [0.29, 0.717) is 42.0 Å². The zero-order chi connectivity index (χ0) is 23.6. The molecular weight excluding hydrogens is 441 g/mol. The summed E-state index contributed by atoms with van der Waals surface area (Å²) < 4.78 is 45.3. The van der Waals surface area contributed by atoms with E-state index >= 15 is 0 Å². The number of nitrogens with one attached hydrogen (secondary N) is 1. The summed E-state index contributed by atoms with van der Waals surface area (Å²) in [5, 5.41) is 13.4. The summed E-state index contributed by atoms with van der Waals surface area (Å²) in [6, 6.07) is 11.8. The van der Waals surface area contributed by atoms with E-state index in [-0.39, 0.29) is 5.65 Å². The smallest absolute Gasteiger partial charge is 0.452 e. The van der Waals surface area contributed by atoms with Crippen LogP contribution < -0.4 is 10.2 Å². The number of carbonyl (C=O) groups excluding carboxylic acids is 2. The van der Waals surface area contributed by atoms with Crippen LogP contribution in [0.2, 0.25) is 0 Å². The summed E-state index contributed by atoms with van der Waals surface area (Å²) in [6.07, 6.45) is -4.81. The first-order chi connectivity index (χ1) is 15.7. The van der Waals surface area contributed by atoms with Crippen molar-refractivity contribution in [3.63, 3.8) is 0 Å². The molecule has 9 nitrogen and oxygen atoms in total. The van der Waals surface area contributed by atoms with Crippen LogP contribution in [-0.2, 0) is 20.5 Å². The van der Waals surface area contributed by atoms with Gasteiger partial charge in [-0.1, -0.05) is 18.2 Å². The number of benzene rings is 1. The molecule has 0 aliphatic carbocycles. The van der Waals surface area contributed by atoms with Crippen LogP contribution >= 0.6 is 0 Å². The van der Waals surface area contributed by atoms with E-state index in [9.17, 15) is 22.8 Å². The van der Waals surface area contributed by atoms with Gasteiger partial charge in [-0.15, -0.1) is 15.3 Å². The number of rotatable bonds is 5. The number of aromatic nitrogens is 4. The second kappa shape index (κ2) is 9.04. The minimum Gasteiger partial charge on any atom is -0.452 e. The number of nitrogens with zero attached hydrogens (tertiary/aromatic N) is 5. The lowest BCUT2D eigenvalue weighted by Crippen LogP contribution is -2.39. The molecule has 0 bridgehead atoms. The number of halogens is 3. The number of alkyl halides is 3. The Hall–Kier alpha value is -3.70. The summed E-state index contributed by atoms with van der Waals surface area (Å²) in [4.78, 5) is 26.6. The number of hydrogen-bond donors (Lipinski definition) is 1. The highest BCUT2D eigenvalue weighted by molar-refractivity contribution is 5.95. The molecule has 2 aromatic heterocycles. The summed E-state index contributed by atoms with van der Waals surface area (Å²) in [5.74, 6) is -2.20. The van der Waals surface area contributed by atoms with Crippen LogP contribution in [0, 0.1) is 5.92 Å². The third-order valence-electron chi connectivity index (χ3n) is 5.36. The molecule has 1 atom stereocenters. The first-order valence-corrected chi connectivity index (χ1v) is 10.3. The average molecular weight is 462 g/mol. The summed E-state index contributed by atoms with van der Waals surface area (Å²) in [6.45, 7) is 2.29. The van der Waals surface area contributed by atoms with E-state index in [0.717, 1.165) is 0 Å². The van der Waals surface area contributed by atoms with Crippen molar-refractivity contribution in [2.45, 2.75) is 32.0 Å². The first-order valence-electron chi connectivity index (χ1n) is 10.3. The molecule has 1 saturated heterocycles. The molecule has 33 heavy (non-hydrogen) atoms. The quantitative estimate of drug-likeness (QED) is 0.582. The Morgan fingerprint density at radius 2 is 1.79 bits per heavy atom. The normalized spacial score (nSPS) is 15.9. The molecule has 3 heterocycles. The number of anilines is 2. The van der Waals surface area contributed by atoms with Gasteiger partial charge < -0.3 is 15.0 Å². The van der Waals surface area contributed by atoms with Gasteiger partial charge in [0.1, 0.15) is 5.82 Å². The fraction of sp³-hybridized carbons (Fsp3) is 0.381. The van der Waals surface area contributed by atoms with Crippen molar-refractivity contribution in [3.05, 3.63) is 48.3 Å². The second-order valence-electron chi connectivity index (χ2n) is 7.68. The van der Waals surface area contributed by atoms with E-state index in [4.69, 9.17) is 4.74 Å². The van der Waals surface area contributed by atoms with Crippen LogP contribution in [0.3, 0.4) is 0 Å². The number of piperidine rings is 1. The van der Waals surface area contributed by atoms with Crippen LogP contribution in [0.15, 0.2) is 42.5 Å². The van der Waals surface area contributed by atoms with Gasteiger partial charge in [-0.25, -0.2) is 0 Å². The maximum absolute atomic E-state index is 13.1. The number of carbonyl (C=O) groups is 2. The van der Waals surface area contributed by atoms with Gasteiger partial charge in [-0.05, 0) is 44.0 Å². The van der Waals surface area contributed by atoms with Crippen molar-refractivity contribution < 1.29 is 27.5 Å². The lowest BCUT2D eigenvalue weighted by atomic mass is 9.97. The molecule has 1 fully saturated rings. The van der Waals surface area contributed by atoms with Crippen LogP contribution in [-0.4, -0.2) is 50.9 Å². The van der Waals surface area contributed by atoms with E-state index in [2.05, 4.69) is 20.6 Å². The molecule has 1 aliphatic rings. The Bertz CT molecular complexity index is 1140. The van der Waals surface area contributed by atoms with E-state index in [1.54, 1.807) is 35.2 Å². The van der Waals surface area contributed by atoms with E-state index in [1.807, 2.05) is 6.07 Å². The van der Waals surface area contributed by atoms with Crippen LogP contribution in [0.5, 0.6) is 0 Å². The fourth-order valence-corrected chi connectivity index (χ4v) is 3.56. The fourth-order valence-electron chi connectivity index (χ4n) is 3.56. The van der Waals surface area contributed by atoms with Crippen molar-refractivity contribution in [2.75, 3.05) is 23.3 Å². The Morgan fingerprint density at radius 3 is 2.45 bits per heavy atom. The Kier molecular flexibility index (Phi) is 6.16. The van der Waals surface area contributed by atoms with Crippen LogP contribution in [0.4, 0.5) is 24.7 Å². The Labute approximate surface area is 186 Å². The van der Waals surface area contributed by atoms with Gasteiger partial charge in [0.2, 0.25) is 0 Å². The third-order valence-corrected chi connectivity index (χ3v) is 5.36. The van der Waals surface area contributed by atoms with Gasteiger partial charge in [-0.2, -0.15) is 17.7 Å². The topological polar surface area (TPSA) is 102 Å². The average Bonchev–Trinajstić information content (AvgIpc) is 3.23. The minimum atomic E-state index is -4.68. The zero-order valence-electron chi connectivity index (χ0n) is 17.6. The molecular formula is C21H21F3N6O3. The molecule has 0 unspecified atom stereocenters. The highest BCUT2D eigenvalue weighted by Crippen LogP contribution is 2.29. The zero-order valence-corrected chi connectivity index (χ0v) is 17.6. The van der Waals surface area contributed by atoms with Gasteiger partial charge in [-0.3, -0.25) is 9.59 Å². The summed E-state index contributed by atoms with van der Waals surface area (Å²) in [5.41, 5.74) is 0.595. The van der Waals surface area contributed by atoms with Crippen molar-refractivity contribution in [2.24, 2.45) is 5.92 Å². The standard InChI is InChI=1S/C21H21F3N6O3/c1-13(18(31)25-15-5-3-2-4-6-15)33-19(32)14-9-11-29(12-10-14)17-8-7-16-26-27-20(21(22,23)24)30(16)28-17/h2-8,13-14H,9-12H2,1H3,(H,25,31)/t13-/m0/s1. The molecule has 4 rings (SSSR count). The van der Waals surface area contributed by atoms with Gasteiger partial charge in [0.15, 0.2) is 11.8 Å².